The average molecular weight is 100 g/mol. The van der Waals surface area contributed by atoms with Gasteiger partial charge in [0.2, 0.25) is 0 Å². The fourth-order valence-electron chi connectivity index (χ4n) is 0.408. The normalized spacial score (nSPS) is 30.9. The van der Waals surface area contributed by atoms with E-state index in [1.165, 1.54) is 0 Å². The van der Waals surface area contributed by atoms with Crippen molar-refractivity contribution in [3.63, 3.8) is 0 Å². The highest BCUT2D eigenvalue weighted by atomic mass is 16.9. The van der Waals surface area contributed by atoms with E-state index in [9.17, 15) is 0 Å². The summed E-state index contributed by atoms with van der Waals surface area (Å²) in [5.41, 5.74) is 0. The maximum Gasteiger partial charge on any atom is 0.0412 e. The molecule has 0 radical (unpaired) electrons. The number of rotatable bonds is 2. The van der Waals surface area contributed by atoms with Crippen molar-refractivity contribution in [1.29, 1.82) is 0 Å². The predicted molar refractivity (Wildman–Crippen MR) is 24.2 cm³/mol. The Bertz CT molecular complexity index is 67.8. The van der Waals surface area contributed by atoms with Gasteiger partial charge in [-0.25, -0.2) is 4.94 Å². The summed E-state index contributed by atoms with van der Waals surface area (Å²) in [6.07, 6.45) is 0. The molecule has 0 aliphatic carbocycles. The molecule has 0 saturated carbocycles. The highest BCUT2D eigenvalue weighted by molar-refractivity contribution is 4.65. The molecular formula is C4H8N2O. The maximum absolute atomic E-state index is 5.14. The summed E-state index contributed by atoms with van der Waals surface area (Å²) in [7, 11) is 0. The van der Waals surface area contributed by atoms with E-state index in [0.29, 0.717) is 0 Å². The maximum atomic E-state index is 5.14. The second-order valence-corrected chi connectivity index (χ2v) is 1.94. The second-order valence-electron chi connectivity index (χ2n) is 1.94. The van der Waals surface area contributed by atoms with Gasteiger partial charge in [0.05, 0.1) is 0 Å². The molecule has 2 heterocycles. The van der Waals surface area contributed by atoms with Crippen LogP contribution in [0.25, 0.3) is 0 Å². The third kappa shape index (κ3) is 0.907. The fraction of sp³-hybridized carbons (Fsp3) is 1.00. The Morgan fingerprint density at radius 1 is 0.857 bits per heavy atom. The van der Waals surface area contributed by atoms with Gasteiger partial charge in [0.15, 0.2) is 0 Å². The van der Waals surface area contributed by atoms with E-state index >= 15 is 0 Å². The molecule has 0 aromatic heterocycles. The van der Waals surface area contributed by atoms with Crippen LogP contribution in [0, 0.1) is 0 Å². The van der Waals surface area contributed by atoms with Crippen LogP contribution in [0.4, 0.5) is 0 Å². The van der Waals surface area contributed by atoms with Crippen LogP contribution in [0.1, 0.15) is 0 Å². The van der Waals surface area contributed by atoms with Crippen LogP contribution in [0.3, 0.4) is 0 Å². The van der Waals surface area contributed by atoms with Gasteiger partial charge in [0.1, 0.15) is 0 Å². The van der Waals surface area contributed by atoms with Crippen molar-refractivity contribution < 1.29 is 4.94 Å². The monoisotopic (exact) mass is 100 g/mol. The van der Waals surface area contributed by atoms with Crippen molar-refractivity contribution in [1.82, 2.24) is 10.1 Å². The van der Waals surface area contributed by atoms with Crippen LogP contribution < -0.4 is 0 Å². The van der Waals surface area contributed by atoms with Gasteiger partial charge in [-0.15, -0.1) is 0 Å². The molecule has 7 heavy (non-hydrogen) atoms. The topological polar surface area (TPSA) is 15.2 Å². The van der Waals surface area contributed by atoms with Crippen LogP contribution in [0.15, 0.2) is 0 Å². The Morgan fingerprint density at radius 3 is 1.57 bits per heavy atom. The first kappa shape index (κ1) is 3.83. The van der Waals surface area contributed by atoms with E-state index in [1.807, 2.05) is 10.1 Å². The second kappa shape index (κ2) is 1.18. The summed E-state index contributed by atoms with van der Waals surface area (Å²) in [5.74, 6) is 0. The van der Waals surface area contributed by atoms with E-state index in [0.717, 1.165) is 26.2 Å². The lowest BCUT2D eigenvalue weighted by atomic mass is 11.0. The Hall–Kier alpha value is -0.120. The van der Waals surface area contributed by atoms with Crippen LogP contribution >= 0.6 is 0 Å². The van der Waals surface area contributed by atoms with Crippen LogP contribution in [-0.4, -0.2) is 36.3 Å². The Kier molecular flexibility index (Phi) is 0.647. The standard InChI is InChI=1S/C4H8N2O/c1-2-5(1)7-6-3-4-6/h1-4H2. The highest BCUT2D eigenvalue weighted by Crippen LogP contribution is 2.12. The minimum atomic E-state index is 1.12. The highest BCUT2D eigenvalue weighted by Gasteiger charge is 2.27. The van der Waals surface area contributed by atoms with Gasteiger partial charge in [-0.3, -0.25) is 0 Å². The van der Waals surface area contributed by atoms with Crippen LogP contribution in [0.5, 0.6) is 0 Å². The molecule has 0 amide bonds. The lowest BCUT2D eigenvalue weighted by Gasteiger charge is -1.97. The summed E-state index contributed by atoms with van der Waals surface area (Å²) in [5, 5.41) is 3.88. The summed E-state index contributed by atoms with van der Waals surface area (Å²) in [6.45, 7) is 4.49. The smallest absolute Gasteiger partial charge is 0.0412 e. The quantitative estimate of drug-likeness (QED) is 0.433. The molecule has 2 fully saturated rings. The van der Waals surface area contributed by atoms with Crippen molar-refractivity contribution in [3.8, 4) is 0 Å². The molecule has 2 saturated heterocycles. The third-order valence-corrected chi connectivity index (χ3v) is 1.04. The zero-order valence-electron chi connectivity index (χ0n) is 4.13. The Labute approximate surface area is 42.4 Å². The lowest BCUT2D eigenvalue weighted by molar-refractivity contribution is -0.209. The van der Waals surface area contributed by atoms with Crippen molar-refractivity contribution in [2.45, 2.75) is 0 Å². The first-order chi connectivity index (χ1) is 3.45. The Balaban J connectivity index is 1.69. The molecule has 2 aliphatic heterocycles. The first-order valence-electron chi connectivity index (χ1n) is 2.63. The van der Waals surface area contributed by atoms with E-state index in [-0.39, 0.29) is 0 Å². The zero-order valence-corrected chi connectivity index (χ0v) is 4.13. The van der Waals surface area contributed by atoms with Crippen molar-refractivity contribution in [2.75, 3.05) is 26.2 Å². The van der Waals surface area contributed by atoms with Crippen LogP contribution in [0.2, 0.25) is 0 Å². The van der Waals surface area contributed by atoms with E-state index in [1.54, 1.807) is 0 Å². The number of hydrogen-bond donors (Lipinski definition) is 0. The number of hydroxylamine groups is 4. The predicted octanol–water partition coefficient (Wildman–Crippen LogP) is -0.536. The molecule has 3 heteroatoms. The fourth-order valence-corrected chi connectivity index (χ4v) is 0.408. The summed E-state index contributed by atoms with van der Waals surface area (Å²) < 4.78 is 0. The summed E-state index contributed by atoms with van der Waals surface area (Å²) in [4.78, 5) is 5.14. The summed E-state index contributed by atoms with van der Waals surface area (Å²) in [6, 6.07) is 0. The molecule has 2 aliphatic rings. The molecule has 0 N–H and O–H groups in total. The SMILES string of the molecule is C1CN1ON1CC1. The van der Waals surface area contributed by atoms with Crippen molar-refractivity contribution in [2.24, 2.45) is 0 Å². The van der Waals surface area contributed by atoms with Gasteiger partial charge in [-0.1, -0.05) is 0 Å². The summed E-state index contributed by atoms with van der Waals surface area (Å²) >= 11 is 0. The van der Waals surface area contributed by atoms with Crippen molar-refractivity contribution in [3.05, 3.63) is 0 Å². The molecule has 3 nitrogen and oxygen atoms in total. The largest absolute Gasteiger partial charge is 0.208 e. The van der Waals surface area contributed by atoms with Gasteiger partial charge >= 0.3 is 0 Å². The van der Waals surface area contributed by atoms with Gasteiger partial charge in [-0.2, -0.15) is 10.1 Å². The molecule has 40 valence electrons. The average Bonchev–Trinajstić information content (AvgIpc) is 2.33. The third-order valence-electron chi connectivity index (χ3n) is 1.04. The van der Waals surface area contributed by atoms with Crippen LogP contribution in [-0.2, 0) is 4.94 Å². The molecule has 0 aromatic carbocycles. The van der Waals surface area contributed by atoms with Crippen molar-refractivity contribution >= 4 is 0 Å². The molecule has 0 bridgehead atoms. The molecule has 0 unspecified atom stereocenters. The van der Waals surface area contributed by atoms with E-state index in [4.69, 9.17) is 4.94 Å². The van der Waals surface area contributed by atoms with Gasteiger partial charge < -0.3 is 0 Å². The molecule has 0 atom stereocenters. The van der Waals surface area contributed by atoms with Gasteiger partial charge in [0.25, 0.3) is 0 Å². The first-order valence-corrected chi connectivity index (χ1v) is 2.63. The number of nitrogens with zero attached hydrogens (tertiary/aromatic N) is 2. The van der Waals surface area contributed by atoms with Gasteiger partial charge in [-0.05, 0) is 0 Å². The molecule has 2 rings (SSSR count). The van der Waals surface area contributed by atoms with Gasteiger partial charge in [0, 0.05) is 26.2 Å². The number of hydrogen-bond acceptors (Lipinski definition) is 3. The van der Waals surface area contributed by atoms with E-state index < -0.39 is 0 Å². The lowest BCUT2D eigenvalue weighted by Crippen LogP contribution is -2.04. The van der Waals surface area contributed by atoms with E-state index in [2.05, 4.69) is 0 Å². The minimum Gasteiger partial charge on any atom is -0.208 e. The molecule has 0 aromatic rings. The molecule has 0 spiro atoms. The zero-order chi connectivity index (χ0) is 4.69. The molecular weight excluding hydrogens is 92.1 g/mol. The Morgan fingerprint density at radius 2 is 1.29 bits per heavy atom. The minimum absolute atomic E-state index is 1.12.